The highest BCUT2D eigenvalue weighted by Gasteiger charge is 2.24. The number of rotatable bonds is 4. The minimum atomic E-state index is -0.739. The average Bonchev–Trinajstić information content (AvgIpc) is 2.67. The summed E-state index contributed by atoms with van der Waals surface area (Å²) in [6.45, 7) is 0.928. The van der Waals surface area contributed by atoms with Crippen molar-refractivity contribution < 1.29 is 8.78 Å². The summed E-state index contributed by atoms with van der Waals surface area (Å²) in [6.07, 6.45) is 3.60. The van der Waals surface area contributed by atoms with E-state index in [1.54, 1.807) is 0 Å². The minimum Gasteiger partial charge on any atom is -0.320 e. The van der Waals surface area contributed by atoms with E-state index in [9.17, 15) is 8.78 Å². The molecule has 1 aliphatic rings. The highest BCUT2D eigenvalue weighted by Crippen LogP contribution is 2.37. The Kier molecular flexibility index (Phi) is 4.53. The zero-order chi connectivity index (χ0) is 15.5. The van der Waals surface area contributed by atoms with Crippen LogP contribution in [0.1, 0.15) is 41.0 Å². The van der Waals surface area contributed by atoms with Gasteiger partial charge in [0.05, 0.1) is 0 Å². The number of aryl methyl sites for hydroxylation is 2. The van der Waals surface area contributed by atoms with E-state index in [1.165, 1.54) is 23.3 Å². The van der Waals surface area contributed by atoms with E-state index in [0.717, 1.165) is 43.4 Å². The van der Waals surface area contributed by atoms with Crippen LogP contribution in [0.3, 0.4) is 0 Å². The monoisotopic (exact) mass is 301 g/mol. The Morgan fingerprint density at radius 2 is 1.73 bits per heavy atom. The molecule has 0 heterocycles. The molecule has 1 aliphatic carbocycles. The molecule has 22 heavy (non-hydrogen) atoms. The number of halogens is 2. The number of fused-ring (bicyclic) bond motifs is 2. The second-order valence-corrected chi connectivity index (χ2v) is 5.96. The molecule has 0 fully saturated rings. The summed E-state index contributed by atoms with van der Waals surface area (Å²) in [7, 11) is 1.93. The van der Waals surface area contributed by atoms with Crippen LogP contribution < -0.4 is 5.32 Å². The third kappa shape index (κ3) is 2.91. The molecule has 0 spiro atoms. The molecular weight excluding hydrogens is 280 g/mol. The third-order valence-electron chi connectivity index (χ3n) is 4.57. The lowest BCUT2D eigenvalue weighted by Crippen LogP contribution is -2.11. The highest BCUT2D eigenvalue weighted by molar-refractivity contribution is 5.45. The molecule has 1 atom stereocenters. The summed E-state index contributed by atoms with van der Waals surface area (Å²) < 4.78 is 27.4. The van der Waals surface area contributed by atoms with E-state index in [2.05, 4.69) is 17.4 Å². The van der Waals surface area contributed by atoms with Gasteiger partial charge in [-0.25, -0.2) is 8.78 Å². The fraction of sp³-hybridized carbons (Fsp3) is 0.368. The van der Waals surface area contributed by atoms with Crippen molar-refractivity contribution in [2.24, 2.45) is 0 Å². The molecular formula is C19H21F2N. The van der Waals surface area contributed by atoms with Gasteiger partial charge in [0, 0.05) is 5.92 Å². The van der Waals surface area contributed by atoms with Crippen LogP contribution in [0.25, 0.3) is 0 Å². The molecule has 0 amide bonds. The van der Waals surface area contributed by atoms with Crippen molar-refractivity contribution in [3.8, 4) is 0 Å². The first kappa shape index (κ1) is 15.2. The van der Waals surface area contributed by atoms with Gasteiger partial charge >= 0.3 is 0 Å². The summed E-state index contributed by atoms with van der Waals surface area (Å²) in [5.41, 5.74) is 4.47. The largest absolute Gasteiger partial charge is 0.320 e. The van der Waals surface area contributed by atoms with Crippen LogP contribution in [0, 0.1) is 11.6 Å². The Balaban J connectivity index is 2.06. The van der Waals surface area contributed by atoms with Crippen LogP contribution in [0.15, 0.2) is 36.4 Å². The smallest absolute Gasteiger partial charge is 0.159 e. The lowest BCUT2D eigenvalue weighted by atomic mass is 9.84. The summed E-state index contributed by atoms with van der Waals surface area (Å²) >= 11 is 0. The van der Waals surface area contributed by atoms with E-state index >= 15 is 0 Å². The first-order valence-electron chi connectivity index (χ1n) is 7.91. The van der Waals surface area contributed by atoms with Gasteiger partial charge in [0.15, 0.2) is 11.6 Å². The van der Waals surface area contributed by atoms with Gasteiger partial charge in [0.25, 0.3) is 0 Å². The van der Waals surface area contributed by atoms with Gasteiger partial charge in [-0.2, -0.15) is 0 Å². The van der Waals surface area contributed by atoms with Gasteiger partial charge in [-0.05, 0) is 73.7 Å². The molecule has 0 saturated carbocycles. The zero-order valence-electron chi connectivity index (χ0n) is 12.8. The van der Waals surface area contributed by atoms with Crippen molar-refractivity contribution in [3.63, 3.8) is 0 Å². The molecule has 0 aromatic heterocycles. The van der Waals surface area contributed by atoms with Crippen LogP contribution in [-0.2, 0) is 12.8 Å². The van der Waals surface area contributed by atoms with E-state index in [1.807, 2.05) is 19.2 Å². The molecule has 3 heteroatoms. The third-order valence-corrected chi connectivity index (χ3v) is 4.57. The standard InChI is InChI=1S/C19H21F2N/c1-22-10-4-7-16-15-6-3-2-5-13(15)8-9-14-11-18(20)19(21)12-17(14)16/h2-3,5-6,11-12,16,22H,4,7-10H2,1H3. The van der Waals surface area contributed by atoms with Crippen molar-refractivity contribution in [2.75, 3.05) is 13.6 Å². The van der Waals surface area contributed by atoms with Crippen LogP contribution in [0.2, 0.25) is 0 Å². The summed E-state index contributed by atoms with van der Waals surface area (Å²) in [4.78, 5) is 0. The maximum absolute atomic E-state index is 13.8. The predicted molar refractivity (Wildman–Crippen MR) is 85.2 cm³/mol. The lowest BCUT2D eigenvalue weighted by Gasteiger charge is -2.20. The molecule has 1 unspecified atom stereocenters. The van der Waals surface area contributed by atoms with Gasteiger partial charge in [-0.1, -0.05) is 24.3 Å². The number of hydrogen-bond donors (Lipinski definition) is 1. The Morgan fingerprint density at radius 1 is 1.00 bits per heavy atom. The Hall–Kier alpha value is -1.74. The van der Waals surface area contributed by atoms with E-state index in [4.69, 9.17) is 0 Å². The van der Waals surface area contributed by atoms with Gasteiger partial charge in [0.2, 0.25) is 0 Å². The van der Waals surface area contributed by atoms with Crippen LogP contribution in [-0.4, -0.2) is 13.6 Å². The fourth-order valence-electron chi connectivity index (χ4n) is 3.48. The molecule has 0 bridgehead atoms. The van der Waals surface area contributed by atoms with Crippen LogP contribution >= 0.6 is 0 Å². The van der Waals surface area contributed by atoms with Crippen molar-refractivity contribution in [1.82, 2.24) is 5.32 Å². The second-order valence-electron chi connectivity index (χ2n) is 5.96. The van der Waals surface area contributed by atoms with Crippen LogP contribution in [0.5, 0.6) is 0 Å². The second kappa shape index (κ2) is 6.57. The molecule has 3 rings (SSSR count). The minimum absolute atomic E-state index is 0.150. The quantitative estimate of drug-likeness (QED) is 0.835. The molecule has 116 valence electrons. The molecule has 2 aromatic carbocycles. The normalized spacial score (nSPS) is 16.8. The van der Waals surface area contributed by atoms with Gasteiger partial charge < -0.3 is 5.32 Å². The molecule has 1 N–H and O–H groups in total. The van der Waals surface area contributed by atoms with Crippen LogP contribution in [0.4, 0.5) is 8.78 Å². The van der Waals surface area contributed by atoms with Crippen molar-refractivity contribution in [2.45, 2.75) is 31.6 Å². The maximum Gasteiger partial charge on any atom is 0.159 e. The first-order chi connectivity index (χ1) is 10.7. The van der Waals surface area contributed by atoms with Gasteiger partial charge in [-0.3, -0.25) is 0 Å². The Bertz CT molecular complexity index is 666. The summed E-state index contributed by atoms with van der Waals surface area (Å²) in [5, 5.41) is 3.16. The average molecular weight is 301 g/mol. The van der Waals surface area contributed by atoms with E-state index in [-0.39, 0.29) is 5.92 Å². The maximum atomic E-state index is 13.8. The van der Waals surface area contributed by atoms with Crippen molar-refractivity contribution in [3.05, 3.63) is 70.3 Å². The zero-order valence-corrected chi connectivity index (χ0v) is 12.8. The Labute approximate surface area is 130 Å². The molecule has 0 radical (unpaired) electrons. The molecule has 0 saturated heterocycles. The fourth-order valence-corrected chi connectivity index (χ4v) is 3.48. The van der Waals surface area contributed by atoms with Gasteiger partial charge in [-0.15, -0.1) is 0 Å². The topological polar surface area (TPSA) is 12.0 Å². The first-order valence-corrected chi connectivity index (χ1v) is 7.91. The van der Waals surface area contributed by atoms with E-state index in [0.29, 0.717) is 0 Å². The van der Waals surface area contributed by atoms with Crippen molar-refractivity contribution in [1.29, 1.82) is 0 Å². The molecule has 2 aromatic rings. The van der Waals surface area contributed by atoms with Crippen molar-refractivity contribution >= 4 is 0 Å². The number of benzene rings is 2. The Morgan fingerprint density at radius 3 is 2.55 bits per heavy atom. The predicted octanol–water partition coefficient (Wildman–Crippen LogP) is 4.19. The number of nitrogens with one attached hydrogen (secondary N) is 1. The van der Waals surface area contributed by atoms with E-state index < -0.39 is 11.6 Å². The van der Waals surface area contributed by atoms with Gasteiger partial charge in [0.1, 0.15) is 0 Å². The molecule has 1 nitrogen and oxygen atoms in total. The number of hydrogen-bond acceptors (Lipinski definition) is 1. The summed E-state index contributed by atoms with van der Waals surface area (Å²) in [5.74, 6) is -1.33. The molecule has 0 aliphatic heterocycles. The lowest BCUT2D eigenvalue weighted by molar-refractivity contribution is 0.503. The summed E-state index contributed by atoms with van der Waals surface area (Å²) in [6, 6.07) is 11.2. The SMILES string of the molecule is CNCCCC1c2ccccc2CCc2cc(F)c(F)cc21. The highest BCUT2D eigenvalue weighted by atomic mass is 19.2.